The molecule has 4 heteroatoms. The predicted molar refractivity (Wildman–Crippen MR) is 220 cm³/mol. The van der Waals surface area contributed by atoms with Crippen molar-refractivity contribution >= 4 is 71.7 Å². The van der Waals surface area contributed by atoms with Crippen molar-refractivity contribution in [2.45, 2.75) is 95.9 Å². The number of fused-ring (bicyclic) bond motifs is 16. The van der Waals surface area contributed by atoms with Gasteiger partial charge < -0.3 is 9.38 Å². The summed E-state index contributed by atoms with van der Waals surface area (Å²) < 4.78 is 5.64. The molecule has 12 rings (SSSR count). The molecule has 1 fully saturated rings. The third-order valence-electron chi connectivity index (χ3n) is 14.6. The van der Waals surface area contributed by atoms with Crippen molar-refractivity contribution in [1.82, 2.24) is 4.48 Å². The third-order valence-corrected chi connectivity index (χ3v) is 15.8. The van der Waals surface area contributed by atoms with Crippen LogP contribution in [0.3, 0.4) is 0 Å². The normalized spacial score (nSPS) is 23.1. The molecule has 0 N–H and O–H groups in total. The van der Waals surface area contributed by atoms with Crippen LogP contribution < -0.4 is 15.8 Å². The number of aromatic nitrogens is 1. The average Bonchev–Trinajstić information content (AvgIpc) is 3.78. The van der Waals surface area contributed by atoms with Gasteiger partial charge in [-0.05, 0) is 87.2 Å². The summed E-state index contributed by atoms with van der Waals surface area (Å²) in [5, 5.41) is 2.79. The van der Waals surface area contributed by atoms with E-state index in [-0.39, 0.29) is 28.6 Å². The van der Waals surface area contributed by atoms with Gasteiger partial charge in [0.05, 0.1) is 15.8 Å². The first-order valence-corrected chi connectivity index (χ1v) is 20.0. The number of nitrogens with zero attached hydrogens (tertiary/aromatic N) is 2. The Labute approximate surface area is 305 Å². The molecule has 7 aromatic rings. The minimum Gasteiger partial charge on any atom is -0.374 e. The van der Waals surface area contributed by atoms with Gasteiger partial charge in [-0.15, -0.1) is 11.3 Å². The Kier molecular flexibility index (Phi) is 5.08. The van der Waals surface area contributed by atoms with Crippen molar-refractivity contribution in [3.05, 3.63) is 107 Å². The number of hydrogen-bond acceptors (Lipinski definition) is 2. The lowest BCUT2D eigenvalue weighted by Crippen LogP contribution is -2.62. The van der Waals surface area contributed by atoms with Crippen LogP contribution in [-0.4, -0.2) is 16.9 Å². The fourth-order valence-electron chi connectivity index (χ4n) is 12.0. The Morgan fingerprint density at radius 3 is 2.31 bits per heavy atom. The van der Waals surface area contributed by atoms with E-state index in [0.717, 1.165) is 0 Å². The summed E-state index contributed by atoms with van der Waals surface area (Å²) in [4.78, 5) is 2.92. The summed E-state index contributed by atoms with van der Waals surface area (Å²) in [5.41, 5.74) is 20.6. The molecular weight excluding hydrogens is 635 g/mol. The van der Waals surface area contributed by atoms with Gasteiger partial charge in [0.25, 0.3) is 0 Å². The highest BCUT2D eigenvalue weighted by atomic mass is 32.1. The summed E-state index contributed by atoms with van der Waals surface area (Å²) >= 11 is 1.98. The van der Waals surface area contributed by atoms with Crippen molar-refractivity contribution in [1.29, 1.82) is 0 Å². The zero-order chi connectivity index (χ0) is 34.6. The number of para-hydroxylation sites is 1. The third kappa shape index (κ3) is 3.11. The molecule has 5 aliphatic rings. The maximum absolute atomic E-state index is 2.92. The zero-order valence-corrected chi connectivity index (χ0v) is 31.6. The lowest BCUT2D eigenvalue weighted by atomic mass is 9.44. The quantitative estimate of drug-likeness (QED) is 0.145. The van der Waals surface area contributed by atoms with E-state index < -0.39 is 0 Å². The van der Waals surface area contributed by atoms with E-state index in [1.54, 1.807) is 5.56 Å². The molecule has 3 aliphatic heterocycles. The van der Waals surface area contributed by atoms with Crippen molar-refractivity contribution in [2.75, 3.05) is 4.90 Å². The van der Waals surface area contributed by atoms with Gasteiger partial charge in [0, 0.05) is 48.8 Å². The molecular formula is C47H43BN2S. The first-order chi connectivity index (χ1) is 24.4. The molecule has 2 aromatic heterocycles. The van der Waals surface area contributed by atoms with Crippen LogP contribution in [0.15, 0.2) is 84.9 Å². The first kappa shape index (κ1) is 29.3. The second-order valence-electron chi connectivity index (χ2n) is 18.4. The predicted octanol–water partition coefficient (Wildman–Crippen LogP) is 11.3. The fraction of sp³-hybridized carbons (Fsp3) is 0.319. The molecule has 1 saturated carbocycles. The molecule has 250 valence electrons. The Balaban J connectivity index is 1.35. The lowest BCUT2D eigenvalue weighted by Gasteiger charge is -2.52. The molecule has 5 aromatic carbocycles. The molecule has 2 atom stereocenters. The Morgan fingerprint density at radius 2 is 1.47 bits per heavy atom. The van der Waals surface area contributed by atoms with Gasteiger partial charge in [-0.2, -0.15) is 0 Å². The Morgan fingerprint density at radius 1 is 0.725 bits per heavy atom. The topological polar surface area (TPSA) is 8.17 Å². The molecule has 2 unspecified atom stereocenters. The molecule has 0 bridgehead atoms. The Bertz CT molecular complexity index is 2770. The Hall–Kier alpha value is -4.28. The van der Waals surface area contributed by atoms with Gasteiger partial charge in [-0.25, -0.2) is 0 Å². The standard InChI is InChI=1S/C47H43BN2S/c1-44(2,3)26-23-33-42-34(24-26)48-39-35(49(42)47(7)22-13-12-21-46(33,47)6)25-31-27-15-8-10-19-32(27)45(4,5)38(31)37(39)29-17-14-18-30-40(29)50(48)41-28-16-9-11-20-36(28)51-43(30)41/h8-11,14-20,23-25H,12-13,21-22H2,1-7H3. The number of rotatable bonds is 0. The van der Waals surface area contributed by atoms with Gasteiger partial charge in [0.15, 0.2) is 0 Å². The van der Waals surface area contributed by atoms with Gasteiger partial charge in [0.1, 0.15) is 0 Å². The molecule has 5 heterocycles. The largest absolute Gasteiger partial charge is 0.374 e. The smallest absolute Gasteiger partial charge is 0.333 e. The lowest BCUT2D eigenvalue weighted by molar-refractivity contribution is 0.195. The van der Waals surface area contributed by atoms with E-state index in [1.165, 1.54) is 118 Å². The van der Waals surface area contributed by atoms with E-state index in [0.29, 0.717) is 0 Å². The summed E-state index contributed by atoms with van der Waals surface area (Å²) in [7, 11) is 0. The van der Waals surface area contributed by atoms with Crippen LogP contribution in [0.25, 0.3) is 53.5 Å². The van der Waals surface area contributed by atoms with Crippen LogP contribution in [-0.2, 0) is 16.2 Å². The molecule has 2 aliphatic carbocycles. The van der Waals surface area contributed by atoms with E-state index in [9.17, 15) is 0 Å². The summed E-state index contributed by atoms with van der Waals surface area (Å²) in [6, 6.07) is 33.6. The van der Waals surface area contributed by atoms with Gasteiger partial charge in [0.2, 0.25) is 0 Å². The molecule has 0 saturated heterocycles. The van der Waals surface area contributed by atoms with Gasteiger partial charge in [-0.1, -0.05) is 127 Å². The van der Waals surface area contributed by atoms with E-state index in [2.05, 4.69) is 143 Å². The SMILES string of the molecule is CC(C)(C)c1cc2c3c(c1)C1(C)CCCCC1(C)N3c1cc3c(c4c1B2n1c2c-4cccc2c2sc4ccccc4c21)C(C)(C)c1ccccc1-3. The number of hydrogen-bond donors (Lipinski definition) is 0. The van der Waals surface area contributed by atoms with Gasteiger partial charge in [-0.3, -0.25) is 0 Å². The minimum atomic E-state index is -0.116. The monoisotopic (exact) mass is 678 g/mol. The van der Waals surface area contributed by atoms with Crippen molar-refractivity contribution < 1.29 is 0 Å². The molecule has 51 heavy (non-hydrogen) atoms. The van der Waals surface area contributed by atoms with E-state index >= 15 is 0 Å². The highest BCUT2D eigenvalue weighted by molar-refractivity contribution is 7.27. The van der Waals surface area contributed by atoms with Crippen LogP contribution in [0.2, 0.25) is 0 Å². The first-order valence-electron chi connectivity index (χ1n) is 19.2. The summed E-state index contributed by atoms with van der Waals surface area (Å²) in [6.07, 6.45) is 5.03. The van der Waals surface area contributed by atoms with Crippen molar-refractivity contribution in [3.8, 4) is 22.3 Å². The maximum atomic E-state index is 2.92. The summed E-state index contributed by atoms with van der Waals surface area (Å²) in [6.45, 7) is 17.6. The molecule has 0 spiro atoms. The summed E-state index contributed by atoms with van der Waals surface area (Å²) in [5.74, 6) is 0. The zero-order valence-electron chi connectivity index (χ0n) is 30.8. The minimum absolute atomic E-state index is 0.00711. The molecule has 0 radical (unpaired) electrons. The van der Waals surface area contributed by atoms with Crippen molar-refractivity contribution in [3.63, 3.8) is 0 Å². The second kappa shape index (κ2) is 8.84. The van der Waals surface area contributed by atoms with Gasteiger partial charge >= 0.3 is 6.85 Å². The second-order valence-corrected chi connectivity index (χ2v) is 19.4. The van der Waals surface area contributed by atoms with Crippen LogP contribution in [0.1, 0.15) is 96.4 Å². The van der Waals surface area contributed by atoms with Crippen LogP contribution in [0.4, 0.5) is 11.4 Å². The average molecular weight is 679 g/mol. The number of thiophene rings is 1. The van der Waals surface area contributed by atoms with Crippen molar-refractivity contribution in [2.24, 2.45) is 0 Å². The highest BCUT2D eigenvalue weighted by Gasteiger charge is 2.62. The number of benzene rings is 5. The molecule has 2 nitrogen and oxygen atoms in total. The van der Waals surface area contributed by atoms with Crippen LogP contribution in [0.5, 0.6) is 0 Å². The fourth-order valence-corrected chi connectivity index (χ4v) is 13.2. The maximum Gasteiger partial charge on any atom is 0.333 e. The number of anilines is 2. The van der Waals surface area contributed by atoms with Crippen LogP contribution in [0, 0.1) is 0 Å². The molecule has 0 amide bonds. The van der Waals surface area contributed by atoms with E-state index in [4.69, 9.17) is 0 Å². The highest BCUT2D eigenvalue weighted by Crippen LogP contribution is 2.64. The van der Waals surface area contributed by atoms with Crippen LogP contribution >= 0.6 is 11.3 Å². The van der Waals surface area contributed by atoms with E-state index in [1.807, 2.05) is 11.3 Å².